The van der Waals surface area contributed by atoms with Crippen molar-refractivity contribution < 1.29 is 39.0 Å². The van der Waals surface area contributed by atoms with Gasteiger partial charge in [0.05, 0.1) is 18.9 Å². The van der Waals surface area contributed by atoms with Gasteiger partial charge in [-0.25, -0.2) is 4.79 Å². The Kier molecular flexibility index (Phi) is 13.0. The molecule has 9 N–H and O–H groups in total. The summed E-state index contributed by atoms with van der Waals surface area (Å²) < 4.78 is 0. The highest BCUT2D eigenvalue weighted by Crippen LogP contribution is 2.06. The van der Waals surface area contributed by atoms with E-state index in [-0.39, 0.29) is 12.8 Å². The summed E-state index contributed by atoms with van der Waals surface area (Å²) in [6.45, 7) is 0. The third kappa shape index (κ3) is 11.2. The van der Waals surface area contributed by atoms with Crippen molar-refractivity contribution in [2.75, 3.05) is 12.0 Å². The van der Waals surface area contributed by atoms with Crippen molar-refractivity contribution in [2.45, 2.75) is 49.9 Å². The molecule has 1 aromatic carbocycles. The lowest BCUT2D eigenvalue weighted by Crippen LogP contribution is -2.58. The van der Waals surface area contributed by atoms with E-state index in [2.05, 4.69) is 16.0 Å². The van der Waals surface area contributed by atoms with Crippen molar-refractivity contribution in [2.24, 2.45) is 11.5 Å². The monoisotopic (exact) mass is 525 g/mol. The van der Waals surface area contributed by atoms with E-state index in [9.17, 15) is 33.9 Å². The molecule has 1 aromatic rings. The number of rotatable bonds is 16. The molecule has 1 rings (SSSR count). The van der Waals surface area contributed by atoms with Crippen molar-refractivity contribution >= 4 is 47.3 Å². The van der Waals surface area contributed by atoms with Crippen LogP contribution in [0.1, 0.15) is 24.8 Å². The van der Waals surface area contributed by atoms with E-state index in [1.807, 2.05) is 0 Å². The lowest BCUT2D eigenvalue weighted by atomic mass is 10.0. The fraction of sp³-hybridized carbons (Fsp3) is 0.455. The minimum Gasteiger partial charge on any atom is -0.481 e. The molecule has 13 nitrogen and oxygen atoms in total. The number of benzene rings is 1. The Morgan fingerprint density at radius 3 is 1.94 bits per heavy atom. The van der Waals surface area contributed by atoms with E-state index in [1.165, 1.54) is 11.8 Å². The van der Waals surface area contributed by atoms with Gasteiger partial charge in [-0.15, -0.1) is 0 Å². The van der Waals surface area contributed by atoms with Gasteiger partial charge < -0.3 is 37.6 Å². The quantitative estimate of drug-likeness (QED) is 0.128. The highest BCUT2D eigenvalue weighted by Gasteiger charge is 2.31. The summed E-state index contributed by atoms with van der Waals surface area (Å²) in [5.74, 6) is -6.10. The molecule has 4 atom stereocenters. The Morgan fingerprint density at radius 2 is 1.42 bits per heavy atom. The van der Waals surface area contributed by atoms with E-state index in [4.69, 9.17) is 16.6 Å². The average Bonchev–Trinajstić information content (AvgIpc) is 2.80. The second-order valence-electron chi connectivity index (χ2n) is 7.87. The molecule has 0 aliphatic carbocycles. The molecule has 0 saturated carbocycles. The molecule has 4 unspecified atom stereocenters. The van der Waals surface area contributed by atoms with E-state index >= 15 is 0 Å². The number of nitrogens with two attached hydrogens (primary N) is 2. The number of thioether (sulfide) groups is 1. The van der Waals surface area contributed by atoms with Crippen LogP contribution in [0.4, 0.5) is 0 Å². The second-order valence-corrected chi connectivity index (χ2v) is 8.85. The average molecular weight is 526 g/mol. The first-order chi connectivity index (χ1) is 16.9. The molecule has 4 amide bonds. The van der Waals surface area contributed by atoms with Crippen LogP contribution in [0.15, 0.2) is 30.3 Å². The number of carboxylic acids is 2. The third-order valence-electron chi connectivity index (χ3n) is 4.91. The van der Waals surface area contributed by atoms with Crippen LogP contribution < -0.4 is 27.4 Å². The molecule has 0 spiro atoms. The molecular formula is C22H31N5O8S. The van der Waals surface area contributed by atoms with Crippen LogP contribution in [0.5, 0.6) is 0 Å². The lowest BCUT2D eigenvalue weighted by Gasteiger charge is -2.24. The Labute approximate surface area is 211 Å². The lowest BCUT2D eigenvalue weighted by molar-refractivity contribution is -0.147. The van der Waals surface area contributed by atoms with Crippen molar-refractivity contribution in [3.63, 3.8) is 0 Å². The van der Waals surface area contributed by atoms with Crippen LogP contribution in [0.25, 0.3) is 0 Å². The van der Waals surface area contributed by atoms with Gasteiger partial charge >= 0.3 is 11.9 Å². The number of carbonyl (C=O) groups is 6. The van der Waals surface area contributed by atoms with Gasteiger partial charge in [0.25, 0.3) is 0 Å². The molecule has 198 valence electrons. The molecule has 0 bridgehead atoms. The molecule has 0 aliphatic rings. The van der Waals surface area contributed by atoms with Crippen molar-refractivity contribution in [3.05, 3.63) is 35.9 Å². The van der Waals surface area contributed by atoms with Crippen LogP contribution >= 0.6 is 11.8 Å². The maximum Gasteiger partial charge on any atom is 0.326 e. The summed E-state index contributed by atoms with van der Waals surface area (Å²) in [5, 5.41) is 24.9. The van der Waals surface area contributed by atoms with Gasteiger partial charge in [-0.05, 0) is 30.4 Å². The summed E-state index contributed by atoms with van der Waals surface area (Å²) in [5.41, 5.74) is 11.9. The van der Waals surface area contributed by atoms with Gasteiger partial charge in [0, 0.05) is 0 Å². The summed E-state index contributed by atoms with van der Waals surface area (Å²) in [7, 11) is 0. The molecule has 0 fully saturated rings. The molecule has 0 heterocycles. The highest BCUT2D eigenvalue weighted by atomic mass is 32.2. The van der Waals surface area contributed by atoms with E-state index in [0.717, 1.165) is 5.56 Å². The van der Waals surface area contributed by atoms with Gasteiger partial charge in [-0.2, -0.15) is 11.8 Å². The fourth-order valence-corrected chi connectivity index (χ4v) is 3.55. The first kappa shape index (κ1) is 30.4. The number of hydrogen-bond donors (Lipinski definition) is 7. The predicted octanol–water partition coefficient (Wildman–Crippen LogP) is -1.80. The number of primary amides is 1. The van der Waals surface area contributed by atoms with E-state index < -0.39 is 72.6 Å². The minimum atomic E-state index is -1.72. The largest absolute Gasteiger partial charge is 0.481 e. The smallest absolute Gasteiger partial charge is 0.326 e. The molecule has 0 saturated heterocycles. The molecule has 0 aromatic heterocycles. The number of hydrogen-bond acceptors (Lipinski definition) is 8. The Bertz CT molecular complexity index is 946. The highest BCUT2D eigenvalue weighted by molar-refractivity contribution is 7.98. The van der Waals surface area contributed by atoms with Crippen LogP contribution in [0.2, 0.25) is 0 Å². The normalized spacial score (nSPS) is 13.9. The number of nitrogens with one attached hydrogen (secondary N) is 3. The summed E-state index contributed by atoms with van der Waals surface area (Å²) in [4.78, 5) is 71.9. The second kappa shape index (κ2) is 15.4. The zero-order chi connectivity index (χ0) is 27.3. The number of carbonyl (C=O) groups excluding carboxylic acids is 4. The first-order valence-electron chi connectivity index (χ1n) is 10.9. The summed E-state index contributed by atoms with van der Waals surface area (Å²) >= 11 is 1.34. The number of carboxylic acid groups (broad SMARTS) is 2. The van der Waals surface area contributed by atoms with Gasteiger partial charge in [-0.1, -0.05) is 30.3 Å². The predicted molar refractivity (Wildman–Crippen MR) is 131 cm³/mol. The van der Waals surface area contributed by atoms with Gasteiger partial charge in [0.15, 0.2) is 0 Å². The molecule has 0 aliphatic heterocycles. The number of aliphatic carboxylic acids is 2. The van der Waals surface area contributed by atoms with E-state index in [0.29, 0.717) is 5.75 Å². The van der Waals surface area contributed by atoms with Crippen LogP contribution in [0, 0.1) is 0 Å². The van der Waals surface area contributed by atoms with Crippen molar-refractivity contribution in [1.29, 1.82) is 0 Å². The van der Waals surface area contributed by atoms with Gasteiger partial charge in [-0.3, -0.25) is 24.0 Å². The zero-order valence-corrected chi connectivity index (χ0v) is 20.5. The van der Waals surface area contributed by atoms with Crippen LogP contribution in [-0.4, -0.2) is 82.0 Å². The topological polar surface area (TPSA) is 231 Å². The van der Waals surface area contributed by atoms with Crippen molar-refractivity contribution in [3.8, 4) is 0 Å². The standard InChI is InChI=1S/C22H31N5O8S/c1-36-8-7-14(20(32)27-16(22(34)35)11-18(29)30)25-21(33)15(10-17(24)28)26-19(31)13(23)9-12-5-3-2-4-6-12/h2-6,13-16H,7-11,23H2,1H3,(H2,24,28)(H,25,33)(H,26,31)(H,27,32)(H,29,30)(H,34,35). The minimum absolute atomic E-state index is 0.0584. The number of amides is 4. The van der Waals surface area contributed by atoms with E-state index in [1.54, 1.807) is 36.6 Å². The fourth-order valence-electron chi connectivity index (χ4n) is 3.07. The van der Waals surface area contributed by atoms with Gasteiger partial charge in [0.1, 0.15) is 18.1 Å². The Balaban J connectivity index is 2.95. The molecule has 14 heteroatoms. The zero-order valence-electron chi connectivity index (χ0n) is 19.6. The van der Waals surface area contributed by atoms with Crippen molar-refractivity contribution in [1.82, 2.24) is 16.0 Å². The Morgan fingerprint density at radius 1 is 0.861 bits per heavy atom. The molecule has 0 radical (unpaired) electrons. The van der Waals surface area contributed by atoms with Crippen LogP contribution in [-0.2, 0) is 35.2 Å². The SMILES string of the molecule is CSCCC(NC(=O)C(CC(N)=O)NC(=O)C(N)Cc1ccccc1)C(=O)NC(CC(=O)O)C(=O)O. The van der Waals surface area contributed by atoms with Gasteiger partial charge in [0.2, 0.25) is 23.6 Å². The molecular weight excluding hydrogens is 494 g/mol. The summed E-state index contributed by atoms with van der Waals surface area (Å²) in [6.07, 6.45) is 0.512. The maximum absolute atomic E-state index is 12.9. The third-order valence-corrected chi connectivity index (χ3v) is 5.55. The maximum atomic E-state index is 12.9. The Hall–Kier alpha value is -3.65. The van der Waals surface area contributed by atoms with Crippen LogP contribution in [0.3, 0.4) is 0 Å². The summed E-state index contributed by atoms with van der Waals surface area (Å²) in [6, 6.07) is 3.39. The molecule has 36 heavy (non-hydrogen) atoms. The first-order valence-corrected chi connectivity index (χ1v) is 12.3.